The summed E-state index contributed by atoms with van der Waals surface area (Å²) in [6.45, 7) is 1.34. The van der Waals surface area contributed by atoms with E-state index in [-0.39, 0.29) is 11.8 Å². The molecule has 0 N–H and O–H groups in total. The average Bonchev–Trinajstić information content (AvgIpc) is 2.59. The fraction of sp³-hybridized carbons (Fsp3) is 0.368. The topological polar surface area (TPSA) is 21.7 Å². The van der Waals surface area contributed by atoms with Gasteiger partial charge in [-0.1, -0.05) is 30.3 Å². The van der Waals surface area contributed by atoms with Crippen LogP contribution in [0.3, 0.4) is 0 Å². The Hall–Kier alpha value is -2.21. The Kier molecular flexibility index (Phi) is 6.31. The van der Waals surface area contributed by atoms with Gasteiger partial charge in [0.25, 0.3) is 0 Å². The number of alkyl halides is 3. The quantitative estimate of drug-likeness (QED) is 0.712. The van der Waals surface area contributed by atoms with Gasteiger partial charge >= 0.3 is 6.18 Å². The van der Waals surface area contributed by atoms with Crippen LogP contribution >= 0.6 is 0 Å². The third-order valence-electron chi connectivity index (χ3n) is 3.98. The monoisotopic (exact) mass is 353 g/mol. The zero-order chi connectivity index (χ0) is 18.4. The van der Waals surface area contributed by atoms with E-state index in [0.29, 0.717) is 6.54 Å². The molecule has 0 bridgehead atoms. The number of nitrogens with zero attached hydrogens (tertiary/aromatic N) is 1. The number of methoxy groups -OCH3 is 1. The summed E-state index contributed by atoms with van der Waals surface area (Å²) in [5.74, 6) is 1.03. The molecule has 3 nitrogen and oxygen atoms in total. The van der Waals surface area contributed by atoms with Gasteiger partial charge in [0.2, 0.25) is 0 Å². The van der Waals surface area contributed by atoms with Crippen molar-refractivity contribution in [3.63, 3.8) is 0 Å². The van der Waals surface area contributed by atoms with E-state index in [2.05, 4.69) is 11.8 Å². The van der Waals surface area contributed by atoms with Crippen LogP contribution in [0.2, 0.25) is 0 Å². The fourth-order valence-electron chi connectivity index (χ4n) is 2.57. The third-order valence-corrected chi connectivity index (χ3v) is 3.98. The van der Waals surface area contributed by atoms with Crippen molar-refractivity contribution in [2.75, 3.05) is 20.8 Å². The summed E-state index contributed by atoms with van der Waals surface area (Å²) in [5.41, 5.74) is 1.93. The lowest BCUT2D eigenvalue weighted by molar-refractivity contribution is -0.153. The Morgan fingerprint density at radius 1 is 1.08 bits per heavy atom. The van der Waals surface area contributed by atoms with Gasteiger partial charge in [-0.05, 0) is 37.7 Å². The molecule has 2 aromatic carbocycles. The van der Waals surface area contributed by atoms with Crippen molar-refractivity contribution in [1.29, 1.82) is 0 Å². The highest BCUT2D eigenvalue weighted by atomic mass is 19.4. The van der Waals surface area contributed by atoms with Gasteiger partial charge in [0.15, 0.2) is 6.61 Å². The number of hydrogen-bond acceptors (Lipinski definition) is 3. The van der Waals surface area contributed by atoms with Gasteiger partial charge in [0.1, 0.15) is 11.5 Å². The van der Waals surface area contributed by atoms with Gasteiger partial charge in [-0.25, -0.2) is 0 Å². The first kappa shape index (κ1) is 19.1. The van der Waals surface area contributed by atoms with E-state index in [1.165, 1.54) is 6.07 Å². The molecule has 0 aliphatic rings. The second kappa shape index (κ2) is 8.25. The van der Waals surface area contributed by atoms with Crippen LogP contribution in [0.1, 0.15) is 24.1 Å². The van der Waals surface area contributed by atoms with Gasteiger partial charge in [-0.3, -0.25) is 4.90 Å². The van der Waals surface area contributed by atoms with Gasteiger partial charge in [0.05, 0.1) is 7.11 Å². The van der Waals surface area contributed by atoms with Crippen molar-refractivity contribution < 1.29 is 22.6 Å². The van der Waals surface area contributed by atoms with E-state index in [9.17, 15) is 13.2 Å². The number of hydrogen-bond donors (Lipinski definition) is 0. The zero-order valence-corrected chi connectivity index (χ0v) is 14.5. The molecule has 0 amide bonds. The second-order valence-electron chi connectivity index (χ2n) is 5.88. The Labute approximate surface area is 146 Å². The van der Waals surface area contributed by atoms with Gasteiger partial charge in [-0.2, -0.15) is 13.2 Å². The highest BCUT2D eigenvalue weighted by molar-refractivity contribution is 5.36. The van der Waals surface area contributed by atoms with Crippen LogP contribution < -0.4 is 9.47 Å². The largest absolute Gasteiger partial charge is 0.496 e. The Morgan fingerprint density at radius 2 is 1.80 bits per heavy atom. The summed E-state index contributed by atoms with van der Waals surface area (Å²) in [7, 11) is 3.59. The van der Waals surface area contributed by atoms with Gasteiger partial charge < -0.3 is 9.47 Å². The predicted molar refractivity (Wildman–Crippen MR) is 90.9 cm³/mol. The van der Waals surface area contributed by atoms with E-state index in [4.69, 9.17) is 9.47 Å². The molecular formula is C19H22F3NO2. The zero-order valence-electron chi connectivity index (χ0n) is 14.5. The van der Waals surface area contributed by atoms with Crippen molar-refractivity contribution in [3.05, 3.63) is 59.7 Å². The first-order chi connectivity index (χ1) is 11.8. The summed E-state index contributed by atoms with van der Waals surface area (Å²) >= 11 is 0. The molecule has 0 fully saturated rings. The highest BCUT2D eigenvalue weighted by Crippen LogP contribution is 2.29. The summed E-state index contributed by atoms with van der Waals surface area (Å²) in [6, 6.07) is 14.6. The summed E-state index contributed by atoms with van der Waals surface area (Å²) in [6.07, 6.45) is -4.34. The fourth-order valence-corrected chi connectivity index (χ4v) is 2.57. The molecule has 0 heterocycles. The molecule has 136 valence electrons. The van der Waals surface area contributed by atoms with Gasteiger partial charge in [-0.15, -0.1) is 0 Å². The van der Waals surface area contributed by atoms with Crippen LogP contribution in [-0.2, 0) is 6.54 Å². The molecule has 0 spiro atoms. The minimum absolute atomic E-state index is 0.0795. The molecular weight excluding hydrogens is 331 g/mol. The number of halogens is 3. The van der Waals surface area contributed by atoms with Crippen molar-refractivity contribution >= 4 is 0 Å². The lowest BCUT2D eigenvalue weighted by atomic mass is 10.1. The van der Waals surface area contributed by atoms with E-state index < -0.39 is 12.8 Å². The van der Waals surface area contributed by atoms with Crippen LogP contribution in [0, 0.1) is 0 Å². The molecule has 6 heteroatoms. The highest BCUT2D eigenvalue weighted by Gasteiger charge is 2.28. The number of ether oxygens (including phenoxy) is 2. The average molecular weight is 353 g/mol. The molecule has 0 radical (unpaired) electrons. The lowest BCUT2D eigenvalue weighted by Crippen LogP contribution is -2.22. The summed E-state index contributed by atoms with van der Waals surface area (Å²) < 4.78 is 47.0. The maximum Gasteiger partial charge on any atom is 0.422 e. The molecule has 2 rings (SSSR count). The van der Waals surface area contributed by atoms with Crippen LogP contribution in [-0.4, -0.2) is 31.8 Å². The lowest BCUT2D eigenvalue weighted by Gasteiger charge is -2.26. The van der Waals surface area contributed by atoms with Crippen LogP contribution in [0.25, 0.3) is 0 Å². The number of rotatable bonds is 7. The molecule has 0 aromatic heterocycles. The Balaban J connectivity index is 2.06. The molecule has 25 heavy (non-hydrogen) atoms. The molecule has 1 atom stereocenters. The molecule has 2 aromatic rings. The van der Waals surface area contributed by atoms with E-state index in [1.54, 1.807) is 19.2 Å². The SMILES string of the molecule is COc1ccccc1C(C)N(C)Cc1cccc(OCC(F)(F)F)c1. The van der Waals surface area contributed by atoms with Crippen LogP contribution in [0.15, 0.2) is 48.5 Å². The maximum atomic E-state index is 12.3. The Bertz CT molecular complexity index is 688. The van der Waals surface area contributed by atoms with Crippen LogP contribution in [0.5, 0.6) is 11.5 Å². The first-order valence-corrected chi connectivity index (χ1v) is 7.92. The first-order valence-electron chi connectivity index (χ1n) is 7.92. The van der Waals surface area contributed by atoms with Crippen molar-refractivity contribution in [2.24, 2.45) is 0 Å². The Morgan fingerprint density at radius 3 is 2.48 bits per heavy atom. The molecule has 1 unspecified atom stereocenters. The minimum atomic E-state index is -4.34. The van der Waals surface area contributed by atoms with E-state index in [0.717, 1.165) is 16.9 Å². The molecule has 0 aliphatic heterocycles. The molecule has 0 saturated carbocycles. The van der Waals surface area contributed by atoms with Crippen molar-refractivity contribution in [2.45, 2.75) is 25.7 Å². The second-order valence-corrected chi connectivity index (χ2v) is 5.88. The van der Waals surface area contributed by atoms with E-state index >= 15 is 0 Å². The molecule has 0 aliphatic carbocycles. The summed E-state index contributed by atoms with van der Waals surface area (Å²) in [4.78, 5) is 2.10. The molecule has 0 saturated heterocycles. The maximum absolute atomic E-state index is 12.3. The summed E-state index contributed by atoms with van der Waals surface area (Å²) in [5, 5.41) is 0. The normalized spacial score (nSPS) is 12.9. The van der Waals surface area contributed by atoms with Crippen LogP contribution in [0.4, 0.5) is 13.2 Å². The smallest absolute Gasteiger partial charge is 0.422 e. The third kappa shape index (κ3) is 5.67. The standard InChI is InChI=1S/C19H22F3NO2/c1-14(17-9-4-5-10-18(17)24-3)23(2)12-15-7-6-8-16(11-15)25-13-19(20,21)22/h4-11,14H,12-13H2,1-3H3. The predicted octanol–water partition coefficient (Wildman–Crippen LogP) is 4.83. The van der Waals surface area contributed by atoms with Crippen molar-refractivity contribution in [1.82, 2.24) is 4.90 Å². The van der Waals surface area contributed by atoms with E-state index in [1.807, 2.05) is 37.4 Å². The van der Waals surface area contributed by atoms with Gasteiger partial charge in [0, 0.05) is 18.2 Å². The minimum Gasteiger partial charge on any atom is -0.496 e. The number of benzene rings is 2. The number of para-hydroxylation sites is 1. The van der Waals surface area contributed by atoms with Crippen molar-refractivity contribution in [3.8, 4) is 11.5 Å².